The third-order valence-corrected chi connectivity index (χ3v) is 9.29. The van der Waals surface area contributed by atoms with E-state index in [4.69, 9.17) is 4.42 Å². The van der Waals surface area contributed by atoms with E-state index in [1.165, 1.54) is 38.3 Å². The van der Waals surface area contributed by atoms with E-state index in [9.17, 15) is 0 Å². The summed E-state index contributed by atoms with van der Waals surface area (Å²) in [6.45, 7) is 0. The van der Waals surface area contributed by atoms with Crippen LogP contribution in [0.5, 0.6) is 0 Å². The number of nitrogens with zero attached hydrogens (tertiary/aromatic N) is 2. The standard InChI is InChI=1S/C42H26N2O/c1-3-12-27(13-4-1)28-14-11-17-30(24-28)44-37-23-22-33-32-19-8-10-21-40(32)45-42(33)41(37)35-25-34-31-18-7-9-20-36(31)43(38(34)26-39(35)44)29-15-5-2-6-16-29/h1-26H. The van der Waals surface area contributed by atoms with E-state index >= 15 is 0 Å². The van der Waals surface area contributed by atoms with Crippen LogP contribution in [0.1, 0.15) is 0 Å². The molecule has 210 valence electrons. The average Bonchev–Trinajstić information content (AvgIpc) is 3.75. The van der Waals surface area contributed by atoms with Crippen LogP contribution in [0.3, 0.4) is 0 Å². The average molecular weight is 575 g/mol. The monoisotopic (exact) mass is 574 g/mol. The molecule has 0 aliphatic heterocycles. The minimum atomic E-state index is 0.911. The molecule has 3 heterocycles. The van der Waals surface area contributed by atoms with Gasteiger partial charge in [-0.3, -0.25) is 0 Å². The Balaban J connectivity index is 1.39. The van der Waals surface area contributed by atoms with Gasteiger partial charge in [0.2, 0.25) is 0 Å². The fraction of sp³-hybridized carbons (Fsp3) is 0. The van der Waals surface area contributed by atoms with Crippen LogP contribution < -0.4 is 0 Å². The van der Waals surface area contributed by atoms with Gasteiger partial charge in [-0.05, 0) is 71.8 Å². The van der Waals surface area contributed by atoms with Gasteiger partial charge in [-0.1, -0.05) is 97.1 Å². The highest BCUT2D eigenvalue weighted by Crippen LogP contribution is 2.44. The van der Waals surface area contributed by atoms with Crippen LogP contribution in [0.4, 0.5) is 0 Å². The van der Waals surface area contributed by atoms with Crippen molar-refractivity contribution in [2.24, 2.45) is 0 Å². The summed E-state index contributed by atoms with van der Waals surface area (Å²) in [5.41, 5.74) is 11.2. The Morgan fingerprint density at radius 1 is 0.356 bits per heavy atom. The molecule has 0 amide bonds. The molecule has 0 atom stereocenters. The van der Waals surface area contributed by atoms with Crippen LogP contribution in [0, 0.1) is 0 Å². The van der Waals surface area contributed by atoms with E-state index in [2.05, 4.69) is 161 Å². The zero-order valence-corrected chi connectivity index (χ0v) is 24.3. The number of benzene rings is 7. The van der Waals surface area contributed by atoms with Crippen molar-refractivity contribution in [3.05, 3.63) is 158 Å². The van der Waals surface area contributed by atoms with E-state index in [-0.39, 0.29) is 0 Å². The highest BCUT2D eigenvalue weighted by molar-refractivity contribution is 6.26. The summed E-state index contributed by atoms with van der Waals surface area (Å²) in [7, 11) is 0. The van der Waals surface area contributed by atoms with Crippen LogP contribution in [0.15, 0.2) is 162 Å². The fourth-order valence-electron chi connectivity index (χ4n) is 7.33. The van der Waals surface area contributed by atoms with Gasteiger partial charge in [-0.25, -0.2) is 0 Å². The lowest BCUT2D eigenvalue weighted by molar-refractivity contribution is 0.673. The third-order valence-electron chi connectivity index (χ3n) is 9.29. The molecule has 45 heavy (non-hydrogen) atoms. The maximum absolute atomic E-state index is 6.67. The van der Waals surface area contributed by atoms with E-state index < -0.39 is 0 Å². The second-order valence-corrected chi connectivity index (χ2v) is 11.8. The van der Waals surface area contributed by atoms with Gasteiger partial charge < -0.3 is 13.6 Å². The molecule has 3 heteroatoms. The van der Waals surface area contributed by atoms with Crippen molar-refractivity contribution < 1.29 is 4.42 Å². The molecule has 0 saturated heterocycles. The van der Waals surface area contributed by atoms with Gasteiger partial charge in [0.25, 0.3) is 0 Å². The number of furan rings is 1. The van der Waals surface area contributed by atoms with Crippen molar-refractivity contribution in [1.82, 2.24) is 9.13 Å². The smallest absolute Gasteiger partial charge is 0.145 e. The number of hydrogen-bond donors (Lipinski definition) is 0. The molecule has 0 unspecified atom stereocenters. The Labute approximate surface area is 258 Å². The molecule has 0 bridgehead atoms. The predicted molar refractivity (Wildman–Crippen MR) is 188 cm³/mol. The Morgan fingerprint density at radius 2 is 1.02 bits per heavy atom. The number of rotatable bonds is 3. The van der Waals surface area contributed by atoms with Crippen LogP contribution >= 0.6 is 0 Å². The Bertz CT molecular complexity index is 2740. The molecule has 3 nitrogen and oxygen atoms in total. The van der Waals surface area contributed by atoms with Crippen molar-refractivity contribution in [3.63, 3.8) is 0 Å². The van der Waals surface area contributed by atoms with Crippen molar-refractivity contribution in [1.29, 1.82) is 0 Å². The van der Waals surface area contributed by atoms with Crippen LogP contribution in [-0.4, -0.2) is 9.13 Å². The van der Waals surface area contributed by atoms with Gasteiger partial charge >= 0.3 is 0 Å². The van der Waals surface area contributed by atoms with Crippen molar-refractivity contribution in [2.75, 3.05) is 0 Å². The molecular formula is C42H26N2O. The van der Waals surface area contributed by atoms with Gasteiger partial charge in [-0.15, -0.1) is 0 Å². The molecule has 3 aromatic heterocycles. The Hall–Kier alpha value is -6.06. The number of hydrogen-bond acceptors (Lipinski definition) is 1. The van der Waals surface area contributed by atoms with Crippen molar-refractivity contribution in [2.45, 2.75) is 0 Å². The van der Waals surface area contributed by atoms with Gasteiger partial charge in [0, 0.05) is 38.3 Å². The zero-order valence-electron chi connectivity index (χ0n) is 24.3. The molecule has 7 aromatic carbocycles. The molecule has 0 aliphatic carbocycles. The minimum Gasteiger partial charge on any atom is -0.455 e. The first-order chi connectivity index (χ1) is 22.3. The number of aromatic nitrogens is 2. The molecule has 0 fully saturated rings. The number of para-hydroxylation sites is 3. The van der Waals surface area contributed by atoms with Crippen LogP contribution in [0.2, 0.25) is 0 Å². The lowest BCUT2D eigenvalue weighted by atomic mass is 10.1. The quantitative estimate of drug-likeness (QED) is 0.206. The highest BCUT2D eigenvalue weighted by Gasteiger charge is 2.22. The maximum atomic E-state index is 6.67. The molecule has 10 rings (SSSR count). The minimum absolute atomic E-state index is 0.911. The highest BCUT2D eigenvalue weighted by atomic mass is 16.3. The lowest BCUT2D eigenvalue weighted by Crippen LogP contribution is -1.96. The summed E-state index contributed by atoms with van der Waals surface area (Å²) in [5, 5.41) is 7.07. The van der Waals surface area contributed by atoms with Crippen molar-refractivity contribution >= 4 is 65.6 Å². The largest absolute Gasteiger partial charge is 0.455 e. The van der Waals surface area contributed by atoms with E-state index in [0.717, 1.165) is 49.7 Å². The molecule has 10 aromatic rings. The Kier molecular flexibility index (Phi) is 5.00. The molecule has 0 aliphatic rings. The molecule has 0 radical (unpaired) electrons. The molecular weight excluding hydrogens is 548 g/mol. The summed E-state index contributed by atoms with van der Waals surface area (Å²) < 4.78 is 11.5. The first-order valence-corrected chi connectivity index (χ1v) is 15.4. The van der Waals surface area contributed by atoms with E-state index in [1.807, 2.05) is 6.07 Å². The van der Waals surface area contributed by atoms with E-state index in [1.54, 1.807) is 0 Å². The fourth-order valence-corrected chi connectivity index (χ4v) is 7.33. The number of fused-ring (bicyclic) bond motifs is 10. The second kappa shape index (κ2) is 9.22. The summed E-state index contributed by atoms with van der Waals surface area (Å²) in [5.74, 6) is 0. The maximum Gasteiger partial charge on any atom is 0.145 e. The predicted octanol–water partition coefficient (Wildman–Crippen LogP) is 11.4. The van der Waals surface area contributed by atoms with Crippen molar-refractivity contribution in [3.8, 4) is 22.5 Å². The first kappa shape index (κ1) is 24.4. The molecule has 0 saturated carbocycles. The topological polar surface area (TPSA) is 23.0 Å². The second-order valence-electron chi connectivity index (χ2n) is 11.8. The van der Waals surface area contributed by atoms with Gasteiger partial charge in [0.15, 0.2) is 0 Å². The lowest BCUT2D eigenvalue weighted by Gasteiger charge is -2.11. The summed E-state index contributed by atoms with van der Waals surface area (Å²) in [4.78, 5) is 0. The third kappa shape index (κ3) is 3.46. The summed E-state index contributed by atoms with van der Waals surface area (Å²) >= 11 is 0. The normalized spacial score (nSPS) is 12.0. The van der Waals surface area contributed by atoms with Gasteiger partial charge in [0.05, 0.1) is 27.5 Å². The van der Waals surface area contributed by atoms with Gasteiger partial charge in [-0.2, -0.15) is 0 Å². The SMILES string of the molecule is c1ccc(-c2cccc(-n3c4cc5c(cc4c4c6oc7ccccc7c6ccc43)c3ccccc3n5-c3ccccc3)c2)cc1. The van der Waals surface area contributed by atoms with Crippen LogP contribution in [0.25, 0.3) is 88.1 Å². The van der Waals surface area contributed by atoms with Crippen LogP contribution in [-0.2, 0) is 0 Å². The van der Waals surface area contributed by atoms with E-state index in [0.29, 0.717) is 0 Å². The summed E-state index contributed by atoms with van der Waals surface area (Å²) in [6, 6.07) is 56.5. The zero-order chi connectivity index (χ0) is 29.5. The molecule has 0 N–H and O–H groups in total. The molecule has 0 spiro atoms. The first-order valence-electron chi connectivity index (χ1n) is 15.4. The van der Waals surface area contributed by atoms with Gasteiger partial charge in [0.1, 0.15) is 11.2 Å². The summed E-state index contributed by atoms with van der Waals surface area (Å²) in [6.07, 6.45) is 0. The Morgan fingerprint density at radius 3 is 1.89 bits per heavy atom.